The molecule has 5 nitrogen and oxygen atoms in total. The van der Waals surface area contributed by atoms with Crippen molar-refractivity contribution >= 4 is 28.9 Å². The molecular weight excluding hydrogens is 298 g/mol. The lowest BCUT2D eigenvalue weighted by molar-refractivity contribution is 0.0691. The molecule has 100 valence electrons. The second-order valence-corrected chi connectivity index (χ2v) is 5.34. The lowest BCUT2D eigenvalue weighted by Crippen LogP contribution is -2.02. The number of aromatic carboxylic acids is 1. The zero-order valence-electron chi connectivity index (χ0n) is 10.0. The number of carboxylic acids is 1. The van der Waals surface area contributed by atoms with E-state index in [4.69, 9.17) is 11.6 Å². The fraction of sp³-hybridized carbons (Fsp3) is 0. The van der Waals surface area contributed by atoms with E-state index in [0.717, 1.165) is 4.88 Å². The summed E-state index contributed by atoms with van der Waals surface area (Å²) in [6.07, 6.45) is 0. The first-order valence-electron chi connectivity index (χ1n) is 5.65. The summed E-state index contributed by atoms with van der Waals surface area (Å²) in [5.74, 6) is -1.11. The Bertz CT molecular complexity index is 768. The lowest BCUT2D eigenvalue weighted by atomic mass is 10.2. The topological polar surface area (TPSA) is 68.0 Å². The van der Waals surface area contributed by atoms with E-state index in [1.54, 1.807) is 24.3 Å². The Morgan fingerprint density at radius 3 is 2.80 bits per heavy atom. The number of thiophene rings is 1. The Morgan fingerprint density at radius 2 is 2.15 bits per heavy atom. The molecule has 7 heteroatoms. The zero-order chi connectivity index (χ0) is 14.1. The highest BCUT2D eigenvalue weighted by Crippen LogP contribution is 2.29. The Morgan fingerprint density at radius 1 is 1.30 bits per heavy atom. The van der Waals surface area contributed by atoms with Crippen LogP contribution in [0.5, 0.6) is 0 Å². The Labute approximate surface area is 123 Å². The summed E-state index contributed by atoms with van der Waals surface area (Å²) < 4.78 is 1.49. The summed E-state index contributed by atoms with van der Waals surface area (Å²) >= 11 is 7.39. The Hall–Kier alpha value is -2.18. The van der Waals surface area contributed by atoms with Gasteiger partial charge in [0.25, 0.3) is 0 Å². The minimum atomic E-state index is -1.11. The van der Waals surface area contributed by atoms with Gasteiger partial charge in [-0.05, 0) is 29.6 Å². The van der Waals surface area contributed by atoms with E-state index in [1.165, 1.54) is 16.0 Å². The zero-order valence-corrected chi connectivity index (χ0v) is 11.6. The van der Waals surface area contributed by atoms with Gasteiger partial charge in [-0.3, -0.25) is 0 Å². The highest BCUT2D eigenvalue weighted by Gasteiger charge is 2.22. The maximum absolute atomic E-state index is 11.3. The molecule has 0 fully saturated rings. The monoisotopic (exact) mass is 305 g/mol. The van der Waals surface area contributed by atoms with Crippen LogP contribution in [0.2, 0.25) is 5.02 Å². The fourth-order valence-electron chi connectivity index (χ4n) is 1.85. The van der Waals surface area contributed by atoms with Crippen molar-refractivity contribution in [2.45, 2.75) is 0 Å². The Kier molecular flexibility index (Phi) is 3.25. The molecule has 0 radical (unpaired) electrons. The number of benzene rings is 1. The first-order valence-corrected chi connectivity index (χ1v) is 6.91. The second kappa shape index (κ2) is 5.07. The van der Waals surface area contributed by atoms with E-state index in [1.807, 2.05) is 17.5 Å². The molecule has 0 aliphatic carbocycles. The van der Waals surface area contributed by atoms with E-state index in [-0.39, 0.29) is 5.69 Å². The highest BCUT2D eigenvalue weighted by molar-refractivity contribution is 7.13. The molecule has 1 aromatic carbocycles. The van der Waals surface area contributed by atoms with Crippen LogP contribution < -0.4 is 0 Å². The fourth-order valence-corrected chi connectivity index (χ4v) is 2.79. The summed E-state index contributed by atoms with van der Waals surface area (Å²) in [6.45, 7) is 0. The first-order chi connectivity index (χ1) is 9.66. The van der Waals surface area contributed by atoms with Crippen molar-refractivity contribution in [2.75, 3.05) is 0 Å². The van der Waals surface area contributed by atoms with Gasteiger partial charge in [0.2, 0.25) is 0 Å². The molecular formula is C13H8ClN3O2S. The van der Waals surface area contributed by atoms with Gasteiger partial charge in [-0.1, -0.05) is 28.9 Å². The third-order valence-corrected chi connectivity index (χ3v) is 3.79. The molecule has 2 heterocycles. The van der Waals surface area contributed by atoms with Crippen molar-refractivity contribution in [1.29, 1.82) is 0 Å². The molecule has 3 aromatic rings. The molecule has 0 bridgehead atoms. The van der Waals surface area contributed by atoms with Crippen molar-refractivity contribution in [1.82, 2.24) is 15.0 Å². The van der Waals surface area contributed by atoms with Gasteiger partial charge in [0.1, 0.15) is 5.69 Å². The van der Waals surface area contributed by atoms with Crippen LogP contribution in [-0.4, -0.2) is 26.1 Å². The number of hydrogen-bond donors (Lipinski definition) is 1. The highest BCUT2D eigenvalue weighted by atomic mass is 35.5. The molecule has 0 aliphatic heterocycles. The number of rotatable bonds is 3. The Balaban J connectivity index is 2.24. The van der Waals surface area contributed by atoms with Gasteiger partial charge in [-0.15, -0.1) is 16.4 Å². The van der Waals surface area contributed by atoms with Crippen LogP contribution in [0, 0.1) is 0 Å². The average Bonchev–Trinajstić information content (AvgIpc) is 3.07. The van der Waals surface area contributed by atoms with E-state index >= 15 is 0 Å². The second-order valence-electron chi connectivity index (χ2n) is 3.96. The van der Waals surface area contributed by atoms with Gasteiger partial charge < -0.3 is 5.11 Å². The molecule has 3 rings (SSSR count). The first kappa shape index (κ1) is 12.8. The van der Waals surface area contributed by atoms with E-state index < -0.39 is 5.97 Å². The number of aromatic nitrogens is 3. The van der Waals surface area contributed by atoms with Crippen LogP contribution in [0.1, 0.15) is 10.5 Å². The molecule has 0 saturated carbocycles. The largest absolute Gasteiger partial charge is 0.476 e. The van der Waals surface area contributed by atoms with Crippen molar-refractivity contribution in [3.8, 4) is 16.3 Å². The maximum atomic E-state index is 11.3. The molecule has 0 atom stereocenters. The summed E-state index contributed by atoms with van der Waals surface area (Å²) in [7, 11) is 0. The van der Waals surface area contributed by atoms with Crippen molar-refractivity contribution in [3.05, 3.63) is 52.5 Å². The number of carboxylic acid groups (broad SMARTS) is 1. The van der Waals surface area contributed by atoms with E-state index in [0.29, 0.717) is 16.4 Å². The van der Waals surface area contributed by atoms with E-state index in [9.17, 15) is 9.90 Å². The van der Waals surface area contributed by atoms with Crippen molar-refractivity contribution in [2.24, 2.45) is 0 Å². The molecule has 0 amide bonds. The van der Waals surface area contributed by atoms with Gasteiger partial charge in [-0.2, -0.15) is 0 Å². The lowest BCUT2D eigenvalue weighted by Gasteiger charge is -2.05. The molecule has 0 unspecified atom stereocenters. The van der Waals surface area contributed by atoms with Gasteiger partial charge in [-0.25, -0.2) is 9.48 Å². The van der Waals surface area contributed by atoms with Crippen LogP contribution in [0.3, 0.4) is 0 Å². The summed E-state index contributed by atoms with van der Waals surface area (Å²) in [6, 6.07) is 10.7. The standard InChI is InChI=1S/C13H8ClN3O2S/c14-8-3-1-4-9(7-8)17-12(10-5-2-6-20-10)11(13(18)19)15-16-17/h1-7H,(H,18,19). The van der Waals surface area contributed by atoms with Gasteiger partial charge in [0, 0.05) is 5.02 Å². The van der Waals surface area contributed by atoms with Gasteiger partial charge in [0.05, 0.1) is 10.6 Å². The molecule has 1 N–H and O–H groups in total. The van der Waals surface area contributed by atoms with Crippen LogP contribution in [0.4, 0.5) is 0 Å². The minimum absolute atomic E-state index is 0.0765. The van der Waals surface area contributed by atoms with Crippen LogP contribution >= 0.6 is 22.9 Å². The van der Waals surface area contributed by atoms with Crippen LogP contribution in [0.25, 0.3) is 16.3 Å². The minimum Gasteiger partial charge on any atom is -0.476 e. The van der Waals surface area contributed by atoms with Gasteiger partial charge in [0.15, 0.2) is 5.69 Å². The number of carbonyl (C=O) groups is 1. The smallest absolute Gasteiger partial charge is 0.358 e. The van der Waals surface area contributed by atoms with Crippen LogP contribution in [0.15, 0.2) is 41.8 Å². The number of hydrogen-bond acceptors (Lipinski definition) is 4. The SMILES string of the molecule is O=C(O)c1nnn(-c2cccc(Cl)c2)c1-c1cccs1. The number of halogens is 1. The molecule has 0 spiro atoms. The normalized spacial score (nSPS) is 10.7. The quantitative estimate of drug-likeness (QED) is 0.805. The predicted molar refractivity (Wildman–Crippen MR) is 76.6 cm³/mol. The summed E-state index contributed by atoms with van der Waals surface area (Å²) in [5.41, 5.74) is 1.04. The average molecular weight is 306 g/mol. The molecule has 2 aromatic heterocycles. The van der Waals surface area contributed by atoms with Crippen molar-refractivity contribution < 1.29 is 9.90 Å². The third-order valence-electron chi connectivity index (χ3n) is 2.68. The van der Waals surface area contributed by atoms with Crippen molar-refractivity contribution in [3.63, 3.8) is 0 Å². The molecule has 0 saturated heterocycles. The molecule has 0 aliphatic rings. The maximum Gasteiger partial charge on any atom is 0.358 e. The summed E-state index contributed by atoms with van der Waals surface area (Å²) in [4.78, 5) is 12.1. The van der Waals surface area contributed by atoms with Crippen LogP contribution in [-0.2, 0) is 0 Å². The predicted octanol–water partition coefficient (Wildman–Crippen LogP) is 3.35. The van der Waals surface area contributed by atoms with Gasteiger partial charge >= 0.3 is 5.97 Å². The number of nitrogens with zero attached hydrogens (tertiary/aromatic N) is 3. The third kappa shape index (κ3) is 2.19. The summed E-state index contributed by atoms with van der Waals surface area (Å²) in [5, 5.41) is 19.4. The molecule has 20 heavy (non-hydrogen) atoms. The van der Waals surface area contributed by atoms with E-state index in [2.05, 4.69) is 10.3 Å².